The van der Waals surface area contributed by atoms with E-state index in [0.29, 0.717) is 12.8 Å². The maximum atomic E-state index is 12.8. The molecule has 0 spiro atoms. The minimum absolute atomic E-state index is 0.101. The van der Waals surface area contributed by atoms with E-state index in [9.17, 15) is 14.4 Å². The molecule has 1 unspecified atom stereocenters. The van der Waals surface area contributed by atoms with Gasteiger partial charge in [0.2, 0.25) is 0 Å². The van der Waals surface area contributed by atoms with Crippen molar-refractivity contribution in [1.29, 1.82) is 0 Å². The molecule has 0 aliphatic heterocycles. The first-order valence-electron chi connectivity index (χ1n) is 30.8. The van der Waals surface area contributed by atoms with Crippen LogP contribution < -0.4 is 0 Å². The Morgan fingerprint density at radius 1 is 0.296 bits per heavy atom. The number of allylic oxidation sites excluding steroid dienone is 9. The molecule has 0 heterocycles. The molecule has 6 heteroatoms. The summed E-state index contributed by atoms with van der Waals surface area (Å²) in [5, 5.41) is 0. The van der Waals surface area contributed by atoms with Crippen molar-refractivity contribution in [3.8, 4) is 0 Å². The lowest BCUT2D eigenvalue weighted by Crippen LogP contribution is -2.30. The fourth-order valence-electron chi connectivity index (χ4n) is 8.99. The molecule has 0 aromatic rings. The number of hydrogen-bond donors (Lipinski definition) is 0. The predicted octanol–water partition coefficient (Wildman–Crippen LogP) is 20.8. The minimum atomic E-state index is -0.825. The van der Waals surface area contributed by atoms with Crippen LogP contribution in [0.4, 0.5) is 0 Å². The van der Waals surface area contributed by atoms with E-state index in [1.807, 2.05) is 6.08 Å². The monoisotopic (exact) mass is 993 g/mol. The number of carbonyl (C=O) groups excluding carboxylic acids is 3. The Balaban J connectivity index is 4.18. The van der Waals surface area contributed by atoms with Crippen molar-refractivity contribution in [3.63, 3.8) is 0 Å². The van der Waals surface area contributed by atoms with Gasteiger partial charge in [-0.2, -0.15) is 0 Å². The molecule has 0 saturated heterocycles. The molecule has 412 valence electrons. The van der Waals surface area contributed by atoms with Crippen molar-refractivity contribution in [2.24, 2.45) is 0 Å². The molecular formula is C65H116O6. The second-order valence-corrected chi connectivity index (χ2v) is 20.6. The average molecular weight is 994 g/mol. The molecule has 0 aromatic heterocycles. The summed E-state index contributed by atoms with van der Waals surface area (Å²) in [4.78, 5) is 38.0. The number of carbonyl (C=O) groups is 3. The lowest BCUT2D eigenvalue weighted by atomic mass is 10.0. The van der Waals surface area contributed by atoms with E-state index in [1.165, 1.54) is 205 Å². The second-order valence-electron chi connectivity index (χ2n) is 20.6. The minimum Gasteiger partial charge on any atom is -0.462 e. The highest BCUT2D eigenvalue weighted by Gasteiger charge is 2.19. The Bertz CT molecular complexity index is 1280. The highest BCUT2D eigenvalue weighted by Crippen LogP contribution is 2.17. The van der Waals surface area contributed by atoms with Gasteiger partial charge in [0.15, 0.2) is 6.10 Å². The van der Waals surface area contributed by atoms with Crippen molar-refractivity contribution < 1.29 is 28.6 Å². The molecule has 0 rings (SSSR count). The molecule has 0 bridgehead atoms. The van der Waals surface area contributed by atoms with E-state index >= 15 is 0 Å². The van der Waals surface area contributed by atoms with Crippen LogP contribution in [0.3, 0.4) is 0 Å². The maximum Gasteiger partial charge on any atom is 0.310 e. The zero-order valence-electron chi connectivity index (χ0n) is 47.2. The van der Waals surface area contributed by atoms with Crippen molar-refractivity contribution >= 4 is 17.9 Å². The highest BCUT2D eigenvalue weighted by atomic mass is 16.6. The van der Waals surface area contributed by atoms with Crippen molar-refractivity contribution in [2.75, 3.05) is 13.2 Å². The second kappa shape index (κ2) is 59.7. The van der Waals surface area contributed by atoms with Gasteiger partial charge >= 0.3 is 17.9 Å². The number of unbranched alkanes of at least 4 members (excludes halogenated alkanes) is 36. The Morgan fingerprint density at radius 3 is 0.803 bits per heavy atom. The van der Waals surface area contributed by atoms with Crippen LogP contribution in [0.25, 0.3) is 0 Å². The summed E-state index contributed by atoms with van der Waals surface area (Å²) in [6.45, 7) is 6.47. The van der Waals surface area contributed by atoms with Gasteiger partial charge in [-0.15, -0.1) is 0 Å². The average Bonchev–Trinajstić information content (AvgIpc) is 3.37. The lowest BCUT2D eigenvalue weighted by molar-refractivity contribution is -0.166. The molecule has 0 N–H and O–H groups in total. The first-order valence-corrected chi connectivity index (χ1v) is 30.8. The predicted molar refractivity (Wildman–Crippen MR) is 307 cm³/mol. The van der Waals surface area contributed by atoms with Gasteiger partial charge in [0.05, 0.1) is 6.42 Å². The zero-order valence-corrected chi connectivity index (χ0v) is 47.2. The molecule has 6 nitrogen and oxygen atoms in total. The summed E-state index contributed by atoms with van der Waals surface area (Å²) in [6.07, 6.45) is 75.7. The van der Waals surface area contributed by atoms with E-state index in [0.717, 1.165) is 70.6 Å². The third kappa shape index (κ3) is 57.9. The molecule has 0 aliphatic rings. The van der Waals surface area contributed by atoms with Crippen molar-refractivity contribution in [1.82, 2.24) is 0 Å². The summed E-state index contributed by atoms with van der Waals surface area (Å²) in [7, 11) is 0. The number of hydrogen-bond acceptors (Lipinski definition) is 6. The molecule has 71 heavy (non-hydrogen) atoms. The Morgan fingerprint density at radius 2 is 0.535 bits per heavy atom. The number of rotatable bonds is 56. The smallest absolute Gasteiger partial charge is 0.310 e. The molecule has 0 aromatic carbocycles. The van der Waals surface area contributed by atoms with E-state index in [2.05, 4.69) is 69.4 Å². The Hall–Kier alpha value is -2.89. The van der Waals surface area contributed by atoms with Crippen LogP contribution in [0.1, 0.15) is 316 Å². The molecular weight excluding hydrogens is 877 g/mol. The van der Waals surface area contributed by atoms with E-state index < -0.39 is 12.1 Å². The molecule has 0 amide bonds. The van der Waals surface area contributed by atoms with Crippen molar-refractivity contribution in [3.05, 3.63) is 60.8 Å². The summed E-state index contributed by atoms with van der Waals surface area (Å²) < 4.78 is 16.7. The van der Waals surface area contributed by atoms with Gasteiger partial charge in [-0.25, -0.2) is 0 Å². The summed E-state index contributed by atoms with van der Waals surface area (Å²) >= 11 is 0. The SMILES string of the molecule is CC/C=C\C/C=C\C/C=C\C/C=C\C/C=C\CC(=O)OC(COC(=O)CCCCCCCCCCCC)COC(=O)CCCCCCCCCCCCCCCCCCCCCCCCCCCCCC. The molecule has 0 fully saturated rings. The molecule has 0 saturated carbocycles. The first-order chi connectivity index (χ1) is 35.0. The fraction of sp³-hybridized carbons (Fsp3) is 0.800. The van der Waals surface area contributed by atoms with Gasteiger partial charge in [-0.05, 0) is 44.9 Å². The van der Waals surface area contributed by atoms with Gasteiger partial charge in [-0.3, -0.25) is 14.4 Å². The summed E-state index contributed by atoms with van der Waals surface area (Å²) in [5.41, 5.74) is 0. The van der Waals surface area contributed by atoms with E-state index in [4.69, 9.17) is 14.2 Å². The first kappa shape index (κ1) is 68.1. The topological polar surface area (TPSA) is 78.9 Å². The van der Waals surface area contributed by atoms with E-state index in [1.54, 1.807) is 6.08 Å². The third-order valence-electron chi connectivity index (χ3n) is 13.6. The van der Waals surface area contributed by atoms with Gasteiger partial charge in [0.25, 0.3) is 0 Å². The van der Waals surface area contributed by atoms with Crippen LogP contribution >= 0.6 is 0 Å². The van der Waals surface area contributed by atoms with Gasteiger partial charge in [0, 0.05) is 12.8 Å². The van der Waals surface area contributed by atoms with Gasteiger partial charge in [0.1, 0.15) is 13.2 Å². The fourth-order valence-corrected chi connectivity index (χ4v) is 8.99. The standard InChI is InChI=1S/C65H116O6/c1-4-7-10-13-16-19-22-24-26-27-28-29-30-31-32-33-34-35-36-37-38-40-41-43-46-49-52-55-58-64(67)70-61-62(60-69-63(66)57-54-51-48-45-21-18-15-12-9-6-3)71-65(68)59-56-53-50-47-44-42-39-25-23-20-17-14-11-8-5-2/h8,11,17,20,25,39,44,47,53,56,62H,4-7,9-10,12-16,18-19,21-24,26-38,40-43,45-46,48-52,54-55,57-61H2,1-3H3/b11-8-,20-17-,39-25-,47-44-,56-53-. The van der Waals surface area contributed by atoms with Crippen LogP contribution in [0, 0.1) is 0 Å². The van der Waals surface area contributed by atoms with Crippen LogP contribution in [-0.2, 0) is 28.6 Å². The van der Waals surface area contributed by atoms with Gasteiger partial charge < -0.3 is 14.2 Å². The summed E-state index contributed by atoms with van der Waals surface area (Å²) in [5.74, 6) is -1.03. The van der Waals surface area contributed by atoms with Crippen LogP contribution in [-0.4, -0.2) is 37.2 Å². The Kier molecular flexibility index (Phi) is 57.2. The van der Waals surface area contributed by atoms with Crippen molar-refractivity contribution in [2.45, 2.75) is 322 Å². The third-order valence-corrected chi connectivity index (χ3v) is 13.6. The zero-order chi connectivity index (χ0) is 51.4. The van der Waals surface area contributed by atoms with Gasteiger partial charge in [-0.1, -0.05) is 313 Å². The largest absolute Gasteiger partial charge is 0.462 e. The maximum absolute atomic E-state index is 12.8. The number of esters is 3. The summed E-state index contributed by atoms with van der Waals surface area (Å²) in [6, 6.07) is 0. The van der Waals surface area contributed by atoms with Crippen LogP contribution in [0.5, 0.6) is 0 Å². The normalized spacial score (nSPS) is 12.4. The highest BCUT2D eigenvalue weighted by molar-refractivity contribution is 5.72. The van der Waals surface area contributed by atoms with Crippen LogP contribution in [0.2, 0.25) is 0 Å². The lowest BCUT2D eigenvalue weighted by Gasteiger charge is -2.18. The molecule has 0 radical (unpaired) electrons. The molecule has 0 aliphatic carbocycles. The molecule has 1 atom stereocenters. The van der Waals surface area contributed by atoms with Crippen LogP contribution in [0.15, 0.2) is 60.8 Å². The van der Waals surface area contributed by atoms with E-state index in [-0.39, 0.29) is 31.6 Å². The Labute approximate surface area is 440 Å². The number of ether oxygens (including phenoxy) is 3. The quantitative estimate of drug-likeness (QED) is 0.0261.